The molecule has 3 unspecified atom stereocenters. The molecule has 1 aromatic carbocycles. The summed E-state index contributed by atoms with van der Waals surface area (Å²) in [6.45, 7) is 6.24. The van der Waals surface area contributed by atoms with Crippen LogP contribution in [0.2, 0.25) is 0 Å². The largest absolute Gasteiger partial charge is 0.394 e. The van der Waals surface area contributed by atoms with Crippen LogP contribution in [0.3, 0.4) is 0 Å². The monoisotopic (exact) mass is 264 g/mol. The van der Waals surface area contributed by atoms with Crippen molar-refractivity contribution in [2.75, 3.05) is 26.3 Å². The lowest BCUT2D eigenvalue weighted by Crippen LogP contribution is -2.52. The number of nitrogens with two attached hydrogens (primary N) is 1. The molecule has 0 amide bonds. The highest BCUT2D eigenvalue weighted by Crippen LogP contribution is 2.25. The third-order valence-corrected chi connectivity index (χ3v) is 3.84. The number of hydrogen-bond donors (Lipinski definition) is 2. The molecule has 4 heteroatoms. The number of benzene rings is 1. The Morgan fingerprint density at radius 1 is 1.42 bits per heavy atom. The van der Waals surface area contributed by atoms with Gasteiger partial charge in [-0.1, -0.05) is 29.8 Å². The smallest absolute Gasteiger partial charge is 0.0933 e. The summed E-state index contributed by atoms with van der Waals surface area (Å²) >= 11 is 0. The molecule has 2 rings (SSSR count). The van der Waals surface area contributed by atoms with Gasteiger partial charge in [0.25, 0.3) is 0 Å². The molecule has 0 aliphatic carbocycles. The van der Waals surface area contributed by atoms with Crippen LogP contribution in [-0.4, -0.2) is 48.5 Å². The van der Waals surface area contributed by atoms with Gasteiger partial charge in [0.15, 0.2) is 0 Å². The van der Waals surface area contributed by atoms with Gasteiger partial charge in [-0.15, -0.1) is 0 Å². The Bertz CT molecular complexity index is 394. The summed E-state index contributed by atoms with van der Waals surface area (Å²) < 4.78 is 5.59. The Balaban J connectivity index is 2.17. The normalized spacial score (nSPS) is 26.3. The first-order valence-electron chi connectivity index (χ1n) is 6.90. The molecular weight excluding hydrogens is 240 g/mol. The maximum Gasteiger partial charge on any atom is 0.0933 e. The van der Waals surface area contributed by atoms with Gasteiger partial charge < -0.3 is 15.6 Å². The van der Waals surface area contributed by atoms with E-state index in [-0.39, 0.29) is 18.8 Å². The highest BCUT2D eigenvalue weighted by atomic mass is 16.5. The number of morpholine rings is 1. The molecular formula is C15H24N2O2. The van der Waals surface area contributed by atoms with Crippen molar-refractivity contribution in [2.24, 2.45) is 5.73 Å². The van der Waals surface area contributed by atoms with Gasteiger partial charge in [-0.05, 0) is 19.4 Å². The van der Waals surface area contributed by atoms with E-state index in [4.69, 9.17) is 10.5 Å². The topological polar surface area (TPSA) is 58.7 Å². The molecule has 1 aliphatic heterocycles. The lowest BCUT2D eigenvalue weighted by molar-refractivity contribution is -0.0907. The van der Waals surface area contributed by atoms with Crippen LogP contribution in [0, 0.1) is 6.92 Å². The molecule has 1 heterocycles. The zero-order valence-electron chi connectivity index (χ0n) is 11.7. The van der Waals surface area contributed by atoms with E-state index >= 15 is 0 Å². The predicted octanol–water partition coefficient (Wildman–Crippen LogP) is 1.08. The molecule has 0 saturated carbocycles. The zero-order valence-corrected chi connectivity index (χ0v) is 11.7. The number of aryl methyl sites for hydroxylation is 1. The van der Waals surface area contributed by atoms with Crippen molar-refractivity contribution in [1.29, 1.82) is 0 Å². The summed E-state index contributed by atoms with van der Waals surface area (Å²) in [5.41, 5.74) is 8.47. The van der Waals surface area contributed by atoms with Crippen molar-refractivity contribution >= 4 is 0 Å². The van der Waals surface area contributed by atoms with Crippen molar-refractivity contribution in [1.82, 2.24) is 4.90 Å². The fourth-order valence-corrected chi connectivity index (χ4v) is 2.64. The van der Waals surface area contributed by atoms with Gasteiger partial charge in [-0.3, -0.25) is 4.90 Å². The summed E-state index contributed by atoms with van der Waals surface area (Å²) in [5.74, 6) is 0. The molecule has 1 aromatic rings. The first-order chi connectivity index (χ1) is 9.15. The Labute approximate surface area is 115 Å². The predicted molar refractivity (Wildman–Crippen MR) is 76.0 cm³/mol. The Hall–Kier alpha value is -0.940. The third-order valence-electron chi connectivity index (χ3n) is 3.84. The minimum Gasteiger partial charge on any atom is -0.394 e. The Kier molecular flexibility index (Phi) is 4.93. The van der Waals surface area contributed by atoms with E-state index in [1.165, 1.54) is 11.1 Å². The van der Waals surface area contributed by atoms with Gasteiger partial charge in [-0.2, -0.15) is 0 Å². The second-order valence-corrected chi connectivity index (χ2v) is 5.35. The molecule has 1 aliphatic rings. The standard InChI is InChI=1S/C15H24N2O2/c1-11-3-5-13(6-4-11)15(7-16)17-8-14(9-18)19-10-12(17)2/h3-6,12,14-15,18H,7-10,16H2,1-2H3. The molecule has 106 valence electrons. The molecule has 0 aromatic heterocycles. The van der Waals surface area contributed by atoms with Gasteiger partial charge in [0.1, 0.15) is 0 Å². The molecule has 0 bridgehead atoms. The van der Waals surface area contributed by atoms with E-state index in [1.54, 1.807) is 0 Å². The molecule has 0 spiro atoms. The fraction of sp³-hybridized carbons (Fsp3) is 0.600. The van der Waals surface area contributed by atoms with Crippen molar-refractivity contribution in [2.45, 2.75) is 32.0 Å². The Morgan fingerprint density at radius 3 is 2.68 bits per heavy atom. The van der Waals surface area contributed by atoms with Crippen molar-refractivity contribution in [3.8, 4) is 0 Å². The van der Waals surface area contributed by atoms with Gasteiger partial charge in [-0.25, -0.2) is 0 Å². The van der Waals surface area contributed by atoms with Crippen LogP contribution in [0.4, 0.5) is 0 Å². The first-order valence-corrected chi connectivity index (χ1v) is 6.90. The van der Waals surface area contributed by atoms with E-state index < -0.39 is 0 Å². The van der Waals surface area contributed by atoms with E-state index in [0.29, 0.717) is 19.2 Å². The molecule has 3 atom stereocenters. The minimum atomic E-state index is -0.101. The maximum absolute atomic E-state index is 9.27. The summed E-state index contributed by atoms with van der Waals surface area (Å²) in [6, 6.07) is 9.02. The lowest BCUT2D eigenvalue weighted by atomic mass is 10.0. The van der Waals surface area contributed by atoms with Crippen molar-refractivity contribution in [3.63, 3.8) is 0 Å². The molecule has 1 fully saturated rings. The van der Waals surface area contributed by atoms with E-state index in [2.05, 4.69) is 43.0 Å². The highest BCUT2D eigenvalue weighted by Gasteiger charge is 2.31. The molecule has 4 nitrogen and oxygen atoms in total. The number of nitrogens with zero attached hydrogens (tertiary/aromatic N) is 1. The Morgan fingerprint density at radius 2 is 2.11 bits per heavy atom. The van der Waals surface area contributed by atoms with Crippen LogP contribution in [0.1, 0.15) is 24.1 Å². The molecule has 3 N–H and O–H groups in total. The number of aliphatic hydroxyl groups is 1. The summed E-state index contributed by atoms with van der Waals surface area (Å²) in [4.78, 5) is 2.34. The zero-order chi connectivity index (χ0) is 13.8. The quantitative estimate of drug-likeness (QED) is 0.854. The summed E-state index contributed by atoms with van der Waals surface area (Å²) in [7, 11) is 0. The van der Waals surface area contributed by atoms with Crippen LogP contribution in [0.5, 0.6) is 0 Å². The molecule has 19 heavy (non-hydrogen) atoms. The minimum absolute atomic E-state index is 0.0639. The number of rotatable bonds is 4. The van der Waals surface area contributed by atoms with Crippen LogP contribution in [-0.2, 0) is 4.74 Å². The maximum atomic E-state index is 9.27. The highest BCUT2D eigenvalue weighted by molar-refractivity contribution is 5.24. The second-order valence-electron chi connectivity index (χ2n) is 5.35. The number of hydrogen-bond acceptors (Lipinski definition) is 4. The number of aliphatic hydroxyl groups excluding tert-OH is 1. The second kappa shape index (κ2) is 6.48. The van der Waals surface area contributed by atoms with Crippen LogP contribution < -0.4 is 5.73 Å². The van der Waals surface area contributed by atoms with Crippen LogP contribution >= 0.6 is 0 Å². The van der Waals surface area contributed by atoms with E-state index in [1.807, 2.05) is 0 Å². The SMILES string of the molecule is Cc1ccc(C(CN)N2CC(CO)OCC2C)cc1. The first kappa shape index (κ1) is 14.5. The van der Waals surface area contributed by atoms with E-state index in [9.17, 15) is 5.11 Å². The van der Waals surface area contributed by atoms with Gasteiger partial charge in [0.05, 0.1) is 19.3 Å². The van der Waals surface area contributed by atoms with Crippen molar-refractivity contribution < 1.29 is 9.84 Å². The number of ether oxygens (including phenoxy) is 1. The van der Waals surface area contributed by atoms with Gasteiger partial charge >= 0.3 is 0 Å². The van der Waals surface area contributed by atoms with Crippen LogP contribution in [0.15, 0.2) is 24.3 Å². The van der Waals surface area contributed by atoms with E-state index in [0.717, 1.165) is 6.54 Å². The van der Waals surface area contributed by atoms with Gasteiger partial charge in [0, 0.05) is 25.2 Å². The lowest BCUT2D eigenvalue weighted by Gasteiger charge is -2.42. The summed E-state index contributed by atoms with van der Waals surface area (Å²) in [6.07, 6.45) is -0.101. The average molecular weight is 264 g/mol. The fourth-order valence-electron chi connectivity index (χ4n) is 2.64. The molecule has 0 radical (unpaired) electrons. The average Bonchev–Trinajstić information content (AvgIpc) is 2.43. The molecule has 1 saturated heterocycles. The van der Waals surface area contributed by atoms with Gasteiger partial charge in [0.2, 0.25) is 0 Å². The van der Waals surface area contributed by atoms with Crippen LogP contribution in [0.25, 0.3) is 0 Å². The third kappa shape index (κ3) is 3.34. The van der Waals surface area contributed by atoms with Crippen molar-refractivity contribution in [3.05, 3.63) is 35.4 Å². The summed E-state index contributed by atoms with van der Waals surface area (Å²) in [5, 5.41) is 9.27.